The molecule has 2 aliphatic carbocycles. The van der Waals surface area contributed by atoms with Crippen LogP contribution in [0.25, 0.3) is 0 Å². The fourth-order valence-electron chi connectivity index (χ4n) is 10.1. The van der Waals surface area contributed by atoms with Gasteiger partial charge in [0.25, 0.3) is 5.91 Å². The molecule has 6 unspecified atom stereocenters. The SMILES string of the molecule is C=CCOC12Oc3ccc(Oc4ccc(C)c(C)c4)cc3C3C(CCCCO)C(CCCCO)C=C(C(=NOC)CC1N(Cc1ccc4c(c1)OCO4)C(=O)c1ccc(C#N)cc1)C32. The topological polar surface area (TPSA) is 152 Å². The van der Waals surface area contributed by atoms with E-state index in [1.54, 1.807) is 35.2 Å². The molecule has 1 fully saturated rings. The van der Waals surface area contributed by atoms with Crippen LogP contribution in [-0.4, -0.2) is 72.3 Å². The number of rotatable bonds is 18. The normalized spacial score (nSPS) is 23.2. The van der Waals surface area contributed by atoms with Crippen molar-refractivity contribution in [2.24, 2.45) is 22.9 Å². The number of aliphatic hydroxyl groups excluding tert-OH is 2. The minimum atomic E-state index is -1.48. The fraction of sp³-hybridized carbons (Fsp3) is 0.404. The Balaban J connectivity index is 1.34. The zero-order valence-corrected chi connectivity index (χ0v) is 36.8. The van der Waals surface area contributed by atoms with Crippen molar-refractivity contribution in [3.63, 3.8) is 0 Å². The molecule has 4 aromatic carbocycles. The molecule has 1 saturated carbocycles. The van der Waals surface area contributed by atoms with Crippen LogP contribution in [0.15, 0.2) is 108 Å². The first-order chi connectivity index (χ1) is 31.2. The van der Waals surface area contributed by atoms with Gasteiger partial charge in [0, 0.05) is 43.2 Å². The molecular formula is C52H57N3O9. The Bertz CT molecular complexity index is 2440. The van der Waals surface area contributed by atoms with Crippen LogP contribution in [-0.2, 0) is 16.1 Å². The van der Waals surface area contributed by atoms with E-state index < -0.39 is 17.7 Å². The molecule has 2 N–H and O–H groups in total. The smallest absolute Gasteiger partial charge is 0.254 e. The molecule has 2 aliphatic heterocycles. The number of hydrogen-bond donors (Lipinski definition) is 2. The van der Waals surface area contributed by atoms with Gasteiger partial charge in [-0.1, -0.05) is 42.3 Å². The number of nitrogens with zero attached hydrogens (tertiary/aromatic N) is 3. The number of unbranched alkanes of at least 4 members (excludes halogenated alkanes) is 2. The van der Waals surface area contributed by atoms with E-state index >= 15 is 4.79 Å². The van der Waals surface area contributed by atoms with Crippen LogP contribution in [0.3, 0.4) is 0 Å². The summed E-state index contributed by atoms with van der Waals surface area (Å²) in [5.41, 5.74) is 6.48. The van der Waals surface area contributed by atoms with Crippen molar-refractivity contribution in [3.05, 3.63) is 137 Å². The highest BCUT2D eigenvalue weighted by Crippen LogP contribution is 2.62. The number of carbonyl (C=O) groups is 1. The molecule has 8 rings (SSSR count). The van der Waals surface area contributed by atoms with Gasteiger partial charge in [-0.15, -0.1) is 6.58 Å². The minimum absolute atomic E-state index is 0.0318. The Morgan fingerprint density at radius 3 is 2.39 bits per heavy atom. The highest BCUT2D eigenvalue weighted by molar-refractivity contribution is 6.03. The summed E-state index contributed by atoms with van der Waals surface area (Å²) in [6.45, 7) is 8.74. The first-order valence-corrected chi connectivity index (χ1v) is 22.3. The molecule has 0 bridgehead atoms. The van der Waals surface area contributed by atoms with Crippen molar-refractivity contribution in [2.75, 3.05) is 33.7 Å². The van der Waals surface area contributed by atoms with Crippen molar-refractivity contribution < 1.29 is 43.5 Å². The third kappa shape index (κ3) is 8.85. The summed E-state index contributed by atoms with van der Waals surface area (Å²) in [4.78, 5) is 22.8. The van der Waals surface area contributed by atoms with Crippen molar-refractivity contribution in [2.45, 2.75) is 83.1 Å². The number of hydrogen-bond acceptors (Lipinski definition) is 11. The second kappa shape index (κ2) is 19.7. The molecule has 0 spiro atoms. The second-order valence-corrected chi connectivity index (χ2v) is 17.1. The Hall–Kier alpha value is -6.13. The zero-order chi connectivity index (χ0) is 44.8. The molecule has 2 heterocycles. The lowest BCUT2D eigenvalue weighted by Gasteiger charge is -2.60. The number of ether oxygens (including phenoxy) is 5. The van der Waals surface area contributed by atoms with E-state index in [-0.39, 0.29) is 63.2 Å². The summed E-state index contributed by atoms with van der Waals surface area (Å²) in [6.07, 6.45) is 8.77. The van der Waals surface area contributed by atoms with E-state index in [4.69, 9.17) is 33.7 Å². The molecule has 6 atom stereocenters. The van der Waals surface area contributed by atoms with E-state index in [2.05, 4.69) is 44.7 Å². The molecule has 4 aliphatic rings. The van der Waals surface area contributed by atoms with Crippen molar-refractivity contribution in [1.29, 1.82) is 5.26 Å². The van der Waals surface area contributed by atoms with Gasteiger partial charge in [0.2, 0.25) is 12.6 Å². The highest BCUT2D eigenvalue weighted by atomic mass is 16.7. The largest absolute Gasteiger partial charge is 0.459 e. The van der Waals surface area contributed by atoms with Gasteiger partial charge < -0.3 is 43.6 Å². The quantitative estimate of drug-likeness (QED) is 0.0562. The lowest BCUT2D eigenvalue weighted by Crippen LogP contribution is -2.70. The number of carbonyl (C=O) groups excluding carboxylic acids is 1. The van der Waals surface area contributed by atoms with Gasteiger partial charge in [0.15, 0.2) is 11.5 Å². The number of amides is 1. The van der Waals surface area contributed by atoms with Crippen molar-refractivity contribution in [3.8, 4) is 34.8 Å². The molecule has 4 aromatic rings. The third-order valence-corrected chi connectivity index (χ3v) is 13.2. The van der Waals surface area contributed by atoms with E-state index in [0.29, 0.717) is 52.7 Å². The first-order valence-electron chi connectivity index (χ1n) is 22.3. The molecule has 12 heteroatoms. The average molecular weight is 868 g/mol. The summed E-state index contributed by atoms with van der Waals surface area (Å²) >= 11 is 0. The van der Waals surface area contributed by atoms with Gasteiger partial charge in [0.05, 0.1) is 29.9 Å². The van der Waals surface area contributed by atoms with Gasteiger partial charge in [0.1, 0.15) is 30.4 Å². The Kier molecular flexibility index (Phi) is 13.7. The number of aryl methyl sites for hydroxylation is 2. The predicted molar refractivity (Wildman–Crippen MR) is 242 cm³/mol. The molecule has 64 heavy (non-hydrogen) atoms. The molecule has 334 valence electrons. The van der Waals surface area contributed by atoms with Crippen LogP contribution in [0.1, 0.15) is 89.0 Å². The Labute approximate surface area is 375 Å². The van der Waals surface area contributed by atoms with Crippen molar-refractivity contribution in [1.82, 2.24) is 4.90 Å². The van der Waals surface area contributed by atoms with Gasteiger partial charge in [-0.05, 0) is 140 Å². The number of fused-ring (bicyclic) bond motifs is 3. The summed E-state index contributed by atoms with van der Waals surface area (Å²) in [7, 11) is 1.53. The van der Waals surface area contributed by atoms with Gasteiger partial charge in [-0.3, -0.25) is 4.79 Å². The van der Waals surface area contributed by atoms with Gasteiger partial charge in [-0.25, -0.2) is 0 Å². The predicted octanol–water partition coefficient (Wildman–Crippen LogP) is 9.30. The van der Waals surface area contributed by atoms with Crippen LogP contribution in [0.4, 0.5) is 0 Å². The van der Waals surface area contributed by atoms with Crippen LogP contribution in [0.2, 0.25) is 0 Å². The van der Waals surface area contributed by atoms with E-state index in [9.17, 15) is 15.5 Å². The van der Waals surface area contributed by atoms with Gasteiger partial charge in [-0.2, -0.15) is 5.26 Å². The lowest BCUT2D eigenvalue weighted by atomic mass is 9.55. The molecule has 0 saturated heterocycles. The maximum Gasteiger partial charge on any atom is 0.254 e. The summed E-state index contributed by atoms with van der Waals surface area (Å²) in [5, 5.41) is 34.3. The molecule has 12 nitrogen and oxygen atoms in total. The summed E-state index contributed by atoms with van der Waals surface area (Å²) in [6, 6.07) is 25.7. The molecule has 1 amide bonds. The van der Waals surface area contributed by atoms with E-state index in [1.165, 1.54) is 12.7 Å². The molecule has 0 aromatic heterocycles. The number of benzene rings is 4. The first kappa shape index (κ1) is 44.5. The monoisotopic (exact) mass is 867 g/mol. The maximum atomic E-state index is 15.3. The third-order valence-electron chi connectivity index (χ3n) is 13.2. The number of allylic oxidation sites excluding steroid dienone is 1. The van der Waals surface area contributed by atoms with Crippen LogP contribution in [0, 0.1) is 42.9 Å². The number of aliphatic hydroxyl groups is 2. The maximum absolute atomic E-state index is 15.3. The van der Waals surface area contributed by atoms with Crippen molar-refractivity contribution >= 4 is 11.6 Å². The highest BCUT2D eigenvalue weighted by Gasteiger charge is 2.65. The van der Waals surface area contributed by atoms with Crippen LogP contribution >= 0.6 is 0 Å². The van der Waals surface area contributed by atoms with Gasteiger partial charge >= 0.3 is 0 Å². The number of oxime groups is 1. The summed E-state index contributed by atoms with van der Waals surface area (Å²) in [5.74, 6) is 0.787. The standard InChI is InChI=1S/C52H57N3O9/c1-5-24-62-52-48(55(51(58)37-16-13-35(30-53)14-17-37)31-36-15-20-46-47(26-36)61-32-60-46)29-44(54-59-4)42-27-38(10-6-8-22-56)41(11-7-9-23-57)49(50(42)52)43-28-40(19-21-45(43)64-52)63-39-18-12-33(2)34(3)25-39/h5,12-21,25-28,38,41,48-50,56-57H,1,6-11,22-24,29,31-32H2,2-4H3. The summed E-state index contributed by atoms with van der Waals surface area (Å²) < 4.78 is 32.6. The molecular weight excluding hydrogens is 811 g/mol. The molecule has 0 radical (unpaired) electrons. The minimum Gasteiger partial charge on any atom is -0.459 e. The average Bonchev–Trinajstić information content (AvgIpc) is 3.78. The zero-order valence-electron chi connectivity index (χ0n) is 36.8. The Morgan fingerprint density at radius 1 is 0.922 bits per heavy atom. The van der Waals surface area contributed by atoms with E-state index in [0.717, 1.165) is 53.7 Å². The van der Waals surface area contributed by atoms with Crippen LogP contribution in [0.5, 0.6) is 28.7 Å². The fourth-order valence-corrected chi connectivity index (χ4v) is 10.1. The van der Waals surface area contributed by atoms with Crippen LogP contribution < -0.4 is 18.9 Å². The number of nitriles is 1. The van der Waals surface area contributed by atoms with E-state index in [1.807, 2.05) is 42.5 Å². The Morgan fingerprint density at radius 2 is 1.66 bits per heavy atom. The second-order valence-electron chi connectivity index (χ2n) is 17.1. The lowest BCUT2D eigenvalue weighted by molar-refractivity contribution is -0.255.